The molecule has 0 saturated heterocycles. The number of rotatable bonds is 8. The van der Waals surface area contributed by atoms with E-state index in [1.54, 1.807) is 30.4 Å². The molecule has 3 N–H and O–H groups in total. The zero-order valence-electron chi connectivity index (χ0n) is 17.5. The summed E-state index contributed by atoms with van der Waals surface area (Å²) in [5.74, 6) is -0.718. The van der Waals surface area contributed by atoms with Crippen molar-refractivity contribution in [2.45, 2.75) is 26.3 Å². The largest absolute Gasteiger partial charge is 0.328 e. The van der Waals surface area contributed by atoms with E-state index in [1.807, 2.05) is 30.3 Å². The molecule has 0 radical (unpaired) electrons. The third-order valence-electron chi connectivity index (χ3n) is 5.21. The van der Waals surface area contributed by atoms with Crippen LogP contribution in [0.15, 0.2) is 66.7 Å². The lowest BCUT2D eigenvalue weighted by atomic mass is 9.97. The molecule has 31 heavy (non-hydrogen) atoms. The molecule has 0 bridgehead atoms. The first kappa shape index (κ1) is 22.1. The van der Waals surface area contributed by atoms with Crippen LogP contribution in [0.2, 0.25) is 0 Å². The molecule has 0 fully saturated rings. The van der Waals surface area contributed by atoms with Crippen molar-refractivity contribution in [3.05, 3.63) is 105 Å². The second-order valence-electron chi connectivity index (χ2n) is 7.34. The maximum absolute atomic E-state index is 13.9. The molecule has 0 unspecified atom stereocenters. The number of nitro benzene ring substituents is 1. The van der Waals surface area contributed by atoms with Crippen molar-refractivity contribution in [3.8, 4) is 0 Å². The van der Waals surface area contributed by atoms with Crippen LogP contribution in [-0.2, 0) is 11.2 Å². The summed E-state index contributed by atoms with van der Waals surface area (Å²) < 4.78 is 13.9. The fourth-order valence-corrected chi connectivity index (χ4v) is 3.51. The fraction of sp³-hybridized carbons (Fsp3) is 0.208. The predicted molar refractivity (Wildman–Crippen MR) is 117 cm³/mol. The van der Waals surface area contributed by atoms with Gasteiger partial charge in [0.25, 0.3) is 11.6 Å². The zero-order chi connectivity index (χ0) is 22.4. The summed E-state index contributed by atoms with van der Waals surface area (Å²) >= 11 is 0. The van der Waals surface area contributed by atoms with Crippen LogP contribution >= 0.6 is 0 Å². The van der Waals surface area contributed by atoms with Crippen molar-refractivity contribution >= 4 is 17.3 Å². The lowest BCUT2D eigenvalue weighted by molar-refractivity contribution is -0.676. The number of quaternary nitrogens is 1. The van der Waals surface area contributed by atoms with Crippen molar-refractivity contribution in [2.75, 3.05) is 11.9 Å². The molecule has 1 atom stereocenters. The van der Waals surface area contributed by atoms with Crippen molar-refractivity contribution in [1.82, 2.24) is 0 Å². The molecule has 0 aromatic heterocycles. The number of nitro groups is 1. The Morgan fingerprint density at radius 2 is 1.81 bits per heavy atom. The minimum absolute atomic E-state index is 0.0161. The molecule has 0 spiro atoms. The molecule has 0 aliphatic carbocycles. The summed E-state index contributed by atoms with van der Waals surface area (Å²) in [6, 6.07) is 18.7. The van der Waals surface area contributed by atoms with Gasteiger partial charge in [0.2, 0.25) is 0 Å². The van der Waals surface area contributed by atoms with Gasteiger partial charge in [0.15, 0.2) is 6.54 Å². The highest BCUT2D eigenvalue weighted by Gasteiger charge is 2.22. The van der Waals surface area contributed by atoms with Gasteiger partial charge in [-0.05, 0) is 36.6 Å². The normalized spacial score (nSPS) is 11.7. The number of nitrogens with one attached hydrogen (secondary N) is 1. The summed E-state index contributed by atoms with van der Waals surface area (Å²) in [5.41, 5.74) is 3.52. The van der Waals surface area contributed by atoms with E-state index < -0.39 is 4.92 Å². The van der Waals surface area contributed by atoms with Crippen LogP contribution in [0.3, 0.4) is 0 Å². The van der Waals surface area contributed by atoms with Crippen LogP contribution in [0.5, 0.6) is 0 Å². The Kier molecular flexibility index (Phi) is 7.10. The molecule has 3 aromatic carbocycles. The summed E-state index contributed by atoms with van der Waals surface area (Å²) in [7, 11) is 0. The molecular weight excluding hydrogens is 397 g/mol. The second-order valence-corrected chi connectivity index (χ2v) is 7.34. The van der Waals surface area contributed by atoms with Gasteiger partial charge in [0.05, 0.1) is 4.92 Å². The van der Waals surface area contributed by atoms with Crippen molar-refractivity contribution in [3.63, 3.8) is 0 Å². The van der Waals surface area contributed by atoms with Crippen molar-refractivity contribution < 1.29 is 19.4 Å². The number of hydrogen-bond donors (Lipinski definition) is 2. The SMILES string of the molecule is CCc1ccc([C@@H]([NH2+]CC(=O)Nc2c(C)cccc2[N+](=O)[O-])c2cccc(F)c2)cc1. The van der Waals surface area contributed by atoms with E-state index in [2.05, 4.69) is 12.2 Å². The highest BCUT2D eigenvalue weighted by molar-refractivity contribution is 5.94. The Bertz CT molecular complexity index is 1080. The Hall–Kier alpha value is -3.58. The number of carbonyl (C=O) groups excluding carboxylic acids is 1. The molecule has 0 aliphatic heterocycles. The molecule has 160 valence electrons. The van der Waals surface area contributed by atoms with Gasteiger partial charge < -0.3 is 10.6 Å². The Morgan fingerprint density at radius 3 is 2.45 bits per heavy atom. The van der Waals surface area contributed by atoms with Crippen LogP contribution in [0.25, 0.3) is 0 Å². The van der Waals surface area contributed by atoms with E-state index in [0.29, 0.717) is 5.56 Å². The third kappa shape index (κ3) is 5.52. The molecule has 1 amide bonds. The van der Waals surface area contributed by atoms with E-state index in [4.69, 9.17) is 0 Å². The minimum atomic E-state index is -0.517. The van der Waals surface area contributed by atoms with Crippen LogP contribution in [0, 0.1) is 22.9 Å². The molecule has 3 rings (SSSR count). The highest BCUT2D eigenvalue weighted by atomic mass is 19.1. The summed E-state index contributed by atoms with van der Waals surface area (Å²) in [4.78, 5) is 23.4. The molecule has 6 nitrogen and oxygen atoms in total. The lowest BCUT2D eigenvalue weighted by Gasteiger charge is -2.17. The maximum Gasteiger partial charge on any atom is 0.293 e. The quantitative estimate of drug-likeness (QED) is 0.426. The third-order valence-corrected chi connectivity index (χ3v) is 5.21. The van der Waals surface area contributed by atoms with Crippen LogP contribution in [0.1, 0.15) is 35.2 Å². The summed E-state index contributed by atoms with van der Waals surface area (Å²) in [6.45, 7) is 3.79. The van der Waals surface area contributed by atoms with Crippen LogP contribution < -0.4 is 10.6 Å². The summed E-state index contributed by atoms with van der Waals surface area (Å²) in [6.07, 6.45) is 0.909. The first-order chi connectivity index (χ1) is 14.9. The van der Waals surface area contributed by atoms with Crippen molar-refractivity contribution in [1.29, 1.82) is 0 Å². The number of nitrogens with zero attached hydrogens (tertiary/aromatic N) is 1. The molecule has 0 heterocycles. The smallest absolute Gasteiger partial charge is 0.293 e. The van der Waals surface area contributed by atoms with Crippen molar-refractivity contribution in [2.24, 2.45) is 0 Å². The van der Waals surface area contributed by atoms with Crippen LogP contribution in [0.4, 0.5) is 15.8 Å². The number of halogens is 1. The highest BCUT2D eigenvalue weighted by Crippen LogP contribution is 2.27. The van der Waals surface area contributed by atoms with Gasteiger partial charge in [0.1, 0.15) is 17.5 Å². The first-order valence-corrected chi connectivity index (χ1v) is 10.1. The first-order valence-electron chi connectivity index (χ1n) is 10.1. The topological polar surface area (TPSA) is 88.8 Å². The second kappa shape index (κ2) is 9.95. The predicted octanol–water partition coefficient (Wildman–Crippen LogP) is 3.90. The van der Waals surface area contributed by atoms with E-state index >= 15 is 0 Å². The number of para-hydroxylation sites is 1. The van der Waals surface area contributed by atoms with Gasteiger partial charge in [-0.15, -0.1) is 0 Å². The lowest BCUT2D eigenvalue weighted by Crippen LogP contribution is -2.87. The minimum Gasteiger partial charge on any atom is -0.328 e. The fourth-order valence-electron chi connectivity index (χ4n) is 3.51. The number of carbonyl (C=O) groups is 1. The van der Waals surface area contributed by atoms with E-state index in [0.717, 1.165) is 17.5 Å². The number of hydrogen-bond acceptors (Lipinski definition) is 3. The number of nitrogens with two attached hydrogens (primary N) is 1. The van der Waals surface area contributed by atoms with Gasteiger partial charge in [-0.1, -0.05) is 55.5 Å². The number of amides is 1. The van der Waals surface area contributed by atoms with E-state index in [1.165, 1.54) is 23.8 Å². The average molecular weight is 422 g/mol. The molecule has 0 aliphatic rings. The Labute approximate surface area is 180 Å². The number of aryl methyl sites for hydroxylation is 2. The summed E-state index contributed by atoms with van der Waals surface area (Å²) in [5, 5.41) is 15.7. The van der Waals surface area contributed by atoms with Gasteiger partial charge in [0, 0.05) is 17.2 Å². The Balaban J connectivity index is 1.81. The van der Waals surface area contributed by atoms with E-state index in [9.17, 15) is 19.3 Å². The van der Waals surface area contributed by atoms with Gasteiger partial charge in [-0.2, -0.15) is 0 Å². The standard InChI is InChI=1S/C24H24FN3O3/c1-3-17-10-12-18(13-11-17)24(19-7-5-8-20(25)14-19)26-15-22(29)27-23-16(2)6-4-9-21(23)28(30)31/h4-14,24,26H,3,15H2,1-2H3,(H,27,29)/p+1/t24-/m1/s1. The van der Waals surface area contributed by atoms with Crippen LogP contribution in [-0.4, -0.2) is 17.4 Å². The molecular formula is C24H25FN3O3+. The van der Waals surface area contributed by atoms with Gasteiger partial charge in [-0.25, -0.2) is 4.39 Å². The monoisotopic (exact) mass is 422 g/mol. The van der Waals surface area contributed by atoms with Gasteiger partial charge in [-0.3, -0.25) is 14.9 Å². The maximum atomic E-state index is 13.9. The van der Waals surface area contributed by atoms with Gasteiger partial charge >= 0.3 is 0 Å². The zero-order valence-corrected chi connectivity index (χ0v) is 17.5. The Morgan fingerprint density at radius 1 is 1.10 bits per heavy atom. The molecule has 7 heteroatoms. The molecule has 3 aromatic rings. The average Bonchev–Trinajstić information content (AvgIpc) is 2.75. The molecule has 0 saturated carbocycles. The number of benzene rings is 3. The van der Waals surface area contributed by atoms with E-state index in [-0.39, 0.29) is 35.7 Å². The number of anilines is 1.